The molecular formula is C24H34N2O4S. The van der Waals surface area contributed by atoms with Crippen molar-refractivity contribution in [2.75, 3.05) is 19.6 Å². The van der Waals surface area contributed by atoms with Crippen molar-refractivity contribution < 1.29 is 18.6 Å². The number of hydrogen-bond acceptors (Lipinski definition) is 5. The maximum atomic E-state index is 13.0. The number of piperidine rings is 1. The Morgan fingerprint density at radius 3 is 2.35 bits per heavy atom. The van der Waals surface area contributed by atoms with E-state index < -0.39 is 16.1 Å². The van der Waals surface area contributed by atoms with Crippen molar-refractivity contribution in [2.24, 2.45) is 0 Å². The number of rotatable bonds is 8. The van der Waals surface area contributed by atoms with Gasteiger partial charge in [0.1, 0.15) is 5.75 Å². The first kappa shape index (κ1) is 23.7. The van der Waals surface area contributed by atoms with E-state index in [2.05, 4.69) is 26.1 Å². The van der Waals surface area contributed by atoms with E-state index in [1.165, 1.54) is 0 Å². The summed E-state index contributed by atoms with van der Waals surface area (Å²) < 4.78 is 27.7. The molecule has 170 valence electrons. The topological polar surface area (TPSA) is 89.9 Å². The molecule has 0 spiro atoms. The molecule has 0 aliphatic carbocycles. The number of hydrogen-bond donors (Lipinski definition) is 3. The smallest absolute Gasteiger partial charge is 0.243 e. The molecule has 1 fully saturated rings. The van der Waals surface area contributed by atoms with Crippen LogP contribution in [0.3, 0.4) is 0 Å². The number of aliphatic hydroxyl groups is 1. The summed E-state index contributed by atoms with van der Waals surface area (Å²) in [6.45, 7) is 7.70. The van der Waals surface area contributed by atoms with Gasteiger partial charge in [-0.15, -0.1) is 0 Å². The molecule has 0 amide bonds. The molecule has 0 aromatic heterocycles. The Balaban J connectivity index is 1.55. The highest BCUT2D eigenvalue weighted by Crippen LogP contribution is 2.29. The number of phenols is 1. The molecule has 3 N–H and O–H groups in total. The van der Waals surface area contributed by atoms with Crippen LogP contribution in [0.2, 0.25) is 0 Å². The summed E-state index contributed by atoms with van der Waals surface area (Å²) in [5.74, 6) is 0.126. The van der Waals surface area contributed by atoms with Gasteiger partial charge in [0, 0.05) is 25.7 Å². The average molecular weight is 447 g/mol. The molecule has 1 atom stereocenters. The van der Waals surface area contributed by atoms with Gasteiger partial charge in [-0.1, -0.05) is 45.0 Å². The van der Waals surface area contributed by atoms with Crippen LogP contribution >= 0.6 is 0 Å². The quantitative estimate of drug-likeness (QED) is 0.577. The Kier molecular flexibility index (Phi) is 7.42. The molecule has 1 unspecified atom stereocenters. The fourth-order valence-corrected chi connectivity index (χ4v) is 5.33. The van der Waals surface area contributed by atoms with Crippen molar-refractivity contribution >= 4 is 10.0 Å². The monoisotopic (exact) mass is 446 g/mol. The van der Waals surface area contributed by atoms with Crippen LogP contribution in [0.25, 0.3) is 0 Å². The molecule has 1 aliphatic heterocycles. The Hall–Kier alpha value is -1.93. The van der Waals surface area contributed by atoms with E-state index in [0.29, 0.717) is 42.9 Å². The zero-order valence-corrected chi connectivity index (χ0v) is 19.4. The summed E-state index contributed by atoms with van der Waals surface area (Å²) in [6, 6.07) is 14.0. The number of aromatic hydroxyl groups is 1. The zero-order chi connectivity index (χ0) is 22.6. The molecular weight excluding hydrogens is 412 g/mol. The lowest BCUT2D eigenvalue weighted by Gasteiger charge is -2.32. The number of phenolic OH excluding ortho intramolecular Hbond substituents is 1. The van der Waals surface area contributed by atoms with Crippen molar-refractivity contribution in [1.29, 1.82) is 0 Å². The van der Waals surface area contributed by atoms with Gasteiger partial charge in [-0.05, 0) is 60.1 Å². The minimum Gasteiger partial charge on any atom is -0.508 e. The van der Waals surface area contributed by atoms with Crippen molar-refractivity contribution in [2.45, 2.75) is 62.5 Å². The van der Waals surface area contributed by atoms with Gasteiger partial charge in [0.25, 0.3) is 0 Å². The first-order chi connectivity index (χ1) is 14.6. The molecule has 2 aromatic rings. The predicted octanol–water partition coefficient (Wildman–Crippen LogP) is 3.56. The largest absolute Gasteiger partial charge is 0.508 e. The number of benzene rings is 2. The van der Waals surface area contributed by atoms with Crippen LogP contribution in [0.4, 0.5) is 0 Å². The first-order valence-electron chi connectivity index (χ1n) is 10.9. The standard InChI is InChI=1S/C24H34N2O4S/c1-4-24(2,3)19-8-10-22(11-9-19)31(29,30)26-14-12-20(13-15-26)25-17-23(28)18-6-5-7-21(27)16-18/h5-11,16,20,23,25,27-28H,4,12-15,17H2,1-3H3. The molecule has 1 saturated heterocycles. The van der Waals surface area contributed by atoms with Gasteiger partial charge < -0.3 is 15.5 Å². The summed E-state index contributed by atoms with van der Waals surface area (Å²) in [5, 5.41) is 23.2. The van der Waals surface area contributed by atoms with Crippen LogP contribution in [0.5, 0.6) is 5.75 Å². The SMILES string of the molecule is CCC(C)(C)c1ccc(S(=O)(=O)N2CCC(NCC(O)c3cccc(O)c3)CC2)cc1. The zero-order valence-electron chi connectivity index (χ0n) is 18.6. The molecule has 0 bridgehead atoms. The molecule has 3 rings (SSSR count). The van der Waals surface area contributed by atoms with E-state index in [0.717, 1.165) is 12.0 Å². The number of sulfonamides is 1. The number of nitrogens with one attached hydrogen (secondary N) is 1. The van der Waals surface area contributed by atoms with Crippen molar-refractivity contribution in [3.8, 4) is 5.75 Å². The van der Waals surface area contributed by atoms with Crippen LogP contribution in [0.1, 0.15) is 57.3 Å². The molecule has 6 nitrogen and oxygen atoms in total. The van der Waals surface area contributed by atoms with Crippen LogP contribution in [-0.4, -0.2) is 48.6 Å². The highest BCUT2D eigenvalue weighted by atomic mass is 32.2. The molecule has 0 saturated carbocycles. The van der Waals surface area contributed by atoms with Crippen LogP contribution < -0.4 is 5.32 Å². The van der Waals surface area contributed by atoms with Gasteiger partial charge in [0.2, 0.25) is 10.0 Å². The highest BCUT2D eigenvalue weighted by molar-refractivity contribution is 7.89. The highest BCUT2D eigenvalue weighted by Gasteiger charge is 2.30. The molecule has 1 aliphatic rings. The third kappa shape index (κ3) is 5.66. The van der Waals surface area contributed by atoms with Crippen molar-refractivity contribution in [3.05, 3.63) is 59.7 Å². The van der Waals surface area contributed by atoms with E-state index in [-0.39, 0.29) is 17.2 Å². The second-order valence-corrected chi connectivity index (χ2v) is 10.9. The van der Waals surface area contributed by atoms with Crippen molar-refractivity contribution in [3.63, 3.8) is 0 Å². The van der Waals surface area contributed by atoms with E-state index >= 15 is 0 Å². The lowest BCUT2D eigenvalue weighted by molar-refractivity contribution is 0.162. The van der Waals surface area contributed by atoms with E-state index in [1.54, 1.807) is 40.7 Å². The maximum absolute atomic E-state index is 13.0. The fraction of sp³-hybridized carbons (Fsp3) is 0.500. The average Bonchev–Trinajstić information content (AvgIpc) is 2.77. The van der Waals surface area contributed by atoms with Gasteiger partial charge in [0.15, 0.2) is 0 Å². The molecule has 2 aromatic carbocycles. The van der Waals surface area contributed by atoms with Gasteiger partial charge in [-0.25, -0.2) is 8.42 Å². The minimum absolute atomic E-state index is 0.0232. The fourth-order valence-electron chi connectivity index (χ4n) is 3.86. The molecule has 31 heavy (non-hydrogen) atoms. The molecule has 7 heteroatoms. The molecule has 0 radical (unpaired) electrons. The van der Waals surface area contributed by atoms with E-state index in [1.807, 2.05) is 12.1 Å². The summed E-state index contributed by atoms with van der Waals surface area (Å²) in [5.41, 5.74) is 1.82. The number of aliphatic hydroxyl groups excluding tert-OH is 1. The van der Waals surface area contributed by atoms with E-state index in [4.69, 9.17) is 0 Å². The van der Waals surface area contributed by atoms with Gasteiger partial charge in [-0.2, -0.15) is 4.31 Å². The molecule has 1 heterocycles. The van der Waals surface area contributed by atoms with Crippen molar-refractivity contribution in [1.82, 2.24) is 9.62 Å². The lowest BCUT2D eigenvalue weighted by Crippen LogP contribution is -2.45. The summed E-state index contributed by atoms with van der Waals surface area (Å²) in [7, 11) is -3.51. The summed E-state index contributed by atoms with van der Waals surface area (Å²) in [6.07, 6.45) is 1.64. The van der Waals surface area contributed by atoms with Gasteiger partial charge >= 0.3 is 0 Å². The Labute approximate surface area is 186 Å². The Bertz CT molecular complexity index is 965. The van der Waals surface area contributed by atoms with Crippen LogP contribution in [0.15, 0.2) is 53.4 Å². The van der Waals surface area contributed by atoms with E-state index in [9.17, 15) is 18.6 Å². The Morgan fingerprint density at radius 2 is 1.77 bits per heavy atom. The second-order valence-electron chi connectivity index (χ2n) is 8.96. The second kappa shape index (κ2) is 9.69. The van der Waals surface area contributed by atoms with Crippen LogP contribution in [-0.2, 0) is 15.4 Å². The predicted molar refractivity (Wildman–Crippen MR) is 123 cm³/mol. The minimum atomic E-state index is -3.51. The van der Waals surface area contributed by atoms with Crippen LogP contribution in [0, 0.1) is 0 Å². The number of nitrogens with zero attached hydrogens (tertiary/aromatic N) is 1. The maximum Gasteiger partial charge on any atom is 0.243 e. The normalized spacial score (nSPS) is 17.5. The Morgan fingerprint density at radius 1 is 1.13 bits per heavy atom. The van der Waals surface area contributed by atoms with Gasteiger partial charge in [0.05, 0.1) is 11.0 Å². The van der Waals surface area contributed by atoms with Gasteiger partial charge in [-0.3, -0.25) is 0 Å². The third-order valence-corrected chi connectivity index (χ3v) is 8.38. The third-order valence-electron chi connectivity index (χ3n) is 6.47. The summed E-state index contributed by atoms with van der Waals surface area (Å²) in [4.78, 5) is 0.342. The first-order valence-corrected chi connectivity index (χ1v) is 12.4. The summed E-state index contributed by atoms with van der Waals surface area (Å²) >= 11 is 0. The lowest BCUT2D eigenvalue weighted by atomic mass is 9.82.